The zero-order valence-electron chi connectivity index (χ0n) is 13.3. The molecule has 1 aromatic carbocycles. The highest BCUT2D eigenvalue weighted by atomic mass is 16.2. The van der Waals surface area contributed by atoms with Crippen LogP contribution in [0.2, 0.25) is 0 Å². The second-order valence-corrected chi connectivity index (χ2v) is 5.82. The molecule has 3 rings (SSSR count). The zero-order chi connectivity index (χ0) is 16.6. The van der Waals surface area contributed by atoms with Gasteiger partial charge in [0.15, 0.2) is 0 Å². The number of nitrogens with one attached hydrogen (secondary N) is 2. The first-order valence-corrected chi connectivity index (χ1v) is 7.35. The van der Waals surface area contributed by atoms with E-state index in [2.05, 4.69) is 15.3 Å². The maximum absolute atomic E-state index is 12.4. The molecule has 0 unspecified atom stereocenters. The standard InChI is InChI=1S/C17H18N4O2/c1-10-4-11(2)6-13(5-10)20-15(22)8-21-9-18-16-14(17(21)23)7-12(3)19-16/h4-7,9,19H,8H2,1-3H3,(H,20,22). The topological polar surface area (TPSA) is 79.8 Å². The summed E-state index contributed by atoms with van der Waals surface area (Å²) in [6, 6.07) is 7.56. The number of carbonyl (C=O) groups is 1. The fourth-order valence-electron chi connectivity index (χ4n) is 2.69. The number of aromatic amines is 1. The molecule has 0 saturated carbocycles. The molecule has 0 aliphatic heterocycles. The predicted molar refractivity (Wildman–Crippen MR) is 89.6 cm³/mol. The van der Waals surface area contributed by atoms with Crippen LogP contribution in [-0.4, -0.2) is 20.4 Å². The quantitative estimate of drug-likeness (QED) is 0.779. The van der Waals surface area contributed by atoms with Crippen molar-refractivity contribution < 1.29 is 4.79 Å². The summed E-state index contributed by atoms with van der Waals surface area (Å²) in [6.45, 7) is 5.73. The molecule has 0 fully saturated rings. The second-order valence-electron chi connectivity index (χ2n) is 5.82. The lowest BCUT2D eigenvalue weighted by Crippen LogP contribution is -2.27. The van der Waals surface area contributed by atoms with Crippen molar-refractivity contribution in [3.63, 3.8) is 0 Å². The number of hydrogen-bond acceptors (Lipinski definition) is 3. The number of H-pyrrole nitrogens is 1. The summed E-state index contributed by atoms with van der Waals surface area (Å²) in [5.41, 5.74) is 4.05. The van der Waals surface area contributed by atoms with Crippen LogP contribution < -0.4 is 10.9 Å². The number of aromatic nitrogens is 3. The summed E-state index contributed by atoms with van der Waals surface area (Å²) >= 11 is 0. The van der Waals surface area contributed by atoms with E-state index in [1.54, 1.807) is 6.07 Å². The van der Waals surface area contributed by atoms with Gasteiger partial charge in [-0.25, -0.2) is 4.98 Å². The highest BCUT2D eigenvalue weighted by Gasteiger charge is 2.10. The van der Waals surface area contributed by atoms with Crippen LogP contribution in [0.1, 0.15) is 16.8 Å². The maximum atomic E-state index is 12.4. The number of fused-ring (bicyclic) bond motifs is 1. The van der Waals surface area contributed by atoms with Crippen LogP contribution in [0, 0.1) is 20.8 Å². The van der Waals surface area contributed by atoms with E-state index < -0.39 is 0 Å². The first-order chi connectivity index (χ1) is 10.9. The van der Waals surface area contributed by atoms with Crippen molar-refractivity contribution >= 4 is 22.6 Å². The molecule has 0 spiro atoms. The molecular formula is C17H18N4O2. The van der Waals surface area contributed by atoms with E-state index in [9.17, 15) is 9.59 Å². The smallest absolute Gasteiger partial charge is 0.263 e. The molecule has 0 saturated heterocycles. The van der Waals surface area contributed by atoms with Crippen molar-refractivity contribution in [3.05, 3.63) is 57.8 Å². The molecule has 2 heterocycles. The van der Waals surface area contributed by atoms with Crippen LogP contribution in [0.15, 0.2) is 35.4 Å². The summed E-state index contributed by atoms with van der Waals surface area (Å²) in [5, 5.41) is 3.31. The molecule has 2 N–H and O–H groups in total. The lowest BCUT2D eigenvalue weighted by atomic mass is 10.1. The lowest BCUT2D eigenvalue weighted by Gasteiger charge is -2.09. The summed E-state index contributed by atoms with van der Waals surface area (Å²) in [7, 11) is 0. The van der Waals surface area contributed by atoms with Crippen molar-refractivity contribution in [2.75, 3.05) is 5.32 Å². The van der Waals surface area contributed by atoms with Gasteiger partial charge in [-0.3, -0.25) is 14.2 Å². The van der Waals surface area contributed by atoms with E-state index in [0.717, 1.165) is 22.5 Å². The van der Waals surface area contributed by atoms with Gasteiger partial charge in [0.05, 0.1) is 5.39 Å². The van der Waals surface area contributed by atoms with Gasteiger partial charge in [-0.2, -0.15) is 0 Å². The molecule has 6 nitrogen and oxygen atoms in total. The number of rotatable bonds is 3. The van der Waals surface area contributed by atoms with Crippen molar-refractivity contribution in [1.82, 2.24) is 14.5 Å². The van der Waals surface area contributed by atoms with Gasteiger partial charge in [-0.15, -0.1) is 0 Å². The maximum Gasteiger partial charge on any atom is 0.263 e. The molecule has 1 amide bonds. The molecule has 2 aromatic heterocycles. The minimum absolute atomic E-state index is 0.0704. The second kappa shape index (κ2) is 5.72. The predicted octanol–water partition coefficient (Wildman–Crippen LogP) is 2.29. The highest BCUT2D eigenvalue weighted by Crippen LogP contribution is 2.13. The fraction of sp³-hybridized carbons (Fsp3) is 0.235. The molecule has 23 heavy (non-hydrogen) atoms. The number of anilines is 1. The number of amides is 1. The Balaban J connectivity index is 1.82. The fourth-order valence-corrected chi connectivity index (χ4v) is 2.69. The Labute approximate surface area is 133 Å². The van der Waals surface area contributed by atoms with Crippen LogP contribution in [-0.2, 0) is 11.3 Å². The monoisotopic (exact) mass is 310 g/mol. The first kappa shape index (κ1) is 15.0. The van der Waals surface area contributed by atoms with Crippen molar-refractivity contribution in [1.29, 1.82) is 0 Å². The van der Waals surface area contributed by atoms with Gasteiger partial charge in [-0.05, 0) is 50.1 Å². The van der Waals surface area contributed by atoms with Gasteiger partial charge in [0.2, 0.25) is 5.91 Å². The van der Waals surface area contributed by atoms with Crippen LogP contribution in [0.4, 0.5) is 5.69 Å². The molecule has 0 radical (unpaired) electrons. The third-order valence-corrected chi connectivity index (χ3v) is 3.57. The number of hydrogen-bond donors (Lipinski definition) is 2. The summed E-state index contributed by atoms with van der Waals surface area (Å²) < 4.78 is 1.31. The number of aryl methyl sites for hydroxylation is 3. The minimum atomic E-state index is -0.259. The van der Waals surface area contributed by atoms with E-state index in [1.807, 2.05) is 39.0 Å². The number of nitrogens with zero attached hydrogens (tertiary/aromatic N) is 2. The third kappa shape index (κ3) is 3.15. The first-order valence-electron chi connectivity index (χ1n) is 7.35. The molecular weight excluding hydrogens is 292 g/mol. The number of carbonyl (C=O) groups excluding carboxylic acids is 1. The summed E-state index contributed by atoms with van der Waals surface area (Å²) in [6.07, 6.45) is 1.39. The average molecular weight is 310 g/mol. The van der Waals surface area contributed by atoms with Crippen LogP contribution >= 0.6 is 0 Å². The molecule has 0 aliphatic carbocycles. The average Bonchev–Trinajstić information content (AvgIpc) is 2.82. The van der Waals surface area contributed by atoms with E-state index in [1.165, 1.54) is 10.9 Å². The van der Waals surface area contributed by atoms with Gasteiger partial charge >= 0.3 is 0 Å². The molecule has 0 bridgehead atoms. The van der Waals surface area contributed by atoms with Crippen molar-refractivity contribution in [3.8, 4) is 0 Å². The number of benzene rings is 1. The zero-order valence-corrected chi connectivity index (χ0v) is 13.3. The van der Waals surface area contributed by atoms with Crippen LogP contribution in [0.3, 0.4) is 0 Å². The minimum Gasteiger partial charge on any atom is -0.343 e. The van der Waals surface area contributed by atoms with E-state index in [4.69, 9.17) is 0 Å². The molecule has 3 aromatic rings. The summed E-state index contributed by atoms with van der Waals surface area (Å²) in [4.78, 5) is 31.7. The highest BCUT2D eigenvalue weighted by molar-refractivity contribution is 5.91. The molecule has 118 valence electrons. The third-order valence-electron chi connectivity index (χ3n) is 3.57. The van der Waals surface area contributed by atoms with Gasteiger partial charge in [0.1, 0.15) is 18.5 Å². The Bertz CT molecular complexity index is 933. The van der Waals surface area contributed by atoms with Crippen molar-refractivity contribution in [2.45, 2.75) is 27.3 Å². The summed E-state index contributed by atoms with van der Waals surface area (Å²) in [5.74, 6) is -0.259. The molecule has 0 aliphatic rings. The Morgan fingerprint density at radius 1 is 1.17 bits per heavy atom. The van der Waals surface area contributed by atoms with Gasteiger partial charge in [0, 0.05) is 11.4 Å². The largest absolute Gasteiger partial charge is 0.343 e. The Hall–Kier alpha value is -2.89. The lowest BCUT2D eigenvalue weighted by molar-refractivity contribution is -0.116. The Kier molecular flexibility index (Phi) is 3.73. The normalized spacial score (nSPS) is 10.9. The van der Waals surface area contributed by atoms with E-state index in [0.29, 0.717) is 11.0 Å². The van der Waals surface area contributed by atoms with Crippen LogP contribution in [0.5, 0.6) is 0 Å². The van der Waals surface area contributed by atoms with E-state index >= 15 is 0 Å². The van der Waals surface area contributed by atoms with Gasteiger partial charge in [0.25, 0.3) is 5.56 Å². The van der Waals surface area contributed by atoms with Crippen molar-refractivity contribution in [2.24, 2.45) is 0 Å². The van der Waals surface area contributed by atoms with E-state index in [-0.39, 0.29) is 18.0 Å². The molecule has 0 atom stereocenters. The van der Waals surface area contributed by atoms with Crippen LogP contribution in [0.25, 0.3) is 11.0 Å². The van der Waals surface area contributed by atoms with Gasteiger partial charge in [-0.1, -0.05) is 6.07 Å². The Morgan fingerprint density at radius 3 is 2.57 bits per heavy atom. The van der Waals surface area contributed by atoms with Gasteiger partial charge < -0.3 is 10.3 Å². The molecule has 6 heteroatoms. The Morgan fingerprint density at radius 2 is 1.87 bits per heavy atom. The SMILES string of the molecule is Cc1cc(C)cc(NC(=O)Cn2cnc3[nH]c(C)cc3c2=O)c1.